The van der Waals surface area contributed by atoms with E-state index < -0.39 is 4.92 Å². The second-order valence-electron chi connectivity index (χ2n) is 2.89. The molecule has 0 amide bonds. The first-order valence-electron chi connectivity index (χ1n) is 4.00. The van der Waals surface area contributed by atoms with Gasteiger partial charge in [-0.05, 0) is 6.07 Å². The summed E-state index contributed by atoms with van der Waals surface area (Å²) in [6, 6.07) is 6.36. The summed E-state index contributed by atoms with van der Waals surface area (Å²) in [5.41, 5.74) is 5.99. The van der Waals surface area contributed by atoms with Crippen LogP contribution in [-0.4, -0.2) is 4.92 Å². The highest BCUT2D eigenvalue weighted by Crippen LogP contribution is 2.34. The molecule has 74 valence electrons. The van der Waals surface area contributed by atoms with E-state index in [1.807, 2.05) is 6.07 Å². The lowest BCUT2D eigenvalue weighted by molar-refractivity contribution is -0.384. The number of non-ortho nitro benzene ring substituents is 1. The molecule has 2 N–H and O–H groups in total. The zero-order valence-electron chi connectivity index (χ0n) is 7.43. The standard InChI is InChI=1S/C9H5N3O2S/c10-4-8-9(11)6-3-5(12(13)14)1-2-7(6)15-8/h1-3H,11H2. The van der Waals surface area contributed by atoms with Gasteiger partial charge in [-0.25, -0.2) is 0 Å². The van der Waals surface area contributed by atoms with Crippen LogP contribution in [-0.2, 0) is 0 Å². The summed E-state index contributed by atoms with van der Waals surface area (Å²) in [5, 5.41) is 19.9. The number of nitriles is 1. The van der Waals surface area contributed by atoms with Gasteiger partial charge < -0.3 is 5.73 Å². The molecule has 0 radical (unpaired) electrons. The van der Waals surface area contributed by atoms with Gasteiger partial charge in [0.05, 0.1) is 10.6 Å². The second kappa shape index (κ2) is 3.22. The van der Waals surface area contributed by atoms with Gasteiger partial charge in [0, 0.05) is 22.2 Å². The van der Waals surface area contributed by atoms with E-state index in [0.29, 0.717) is 16.0 Å². The summed E-state index contributed by atoms with van der Waals surface area (Å²) in [5.74, 6) is 0. The van der Waals surface area contributed by atoms with Crippen molar-refractivity contribution in [1.29, 1.82) is 5.26 Å². The molecule has 1 aromatic heterocycles. The number of hydrogen-bond acceptors (Lipinski definition) is 5. The number of anilines is 1. The number of nitro groups is 1. The van der Waals surface area contributed by atoms with E-state index in [9.17, 15) is 10.1 Å². The van der Waals surface area contributed by atoms with Crippen LogP contribution in [0.4, 0.5) is 11.4 Å². The minimum atomic E-state index is -0.484. The summed E-state index contributed by atoms with van der Waals surface area (Å²) in [6.45, 7) is 0. The number of nitrogens with zero attached hydrogens (tertiary/aromatic N) is 2. The van der Waals surface area contributed by atoms with Gasteiger partial charge in [0.1, 0.15) is 10.9 Å². The summed E-state index contributed by atoms with van der Waals surface area (Å²) in [4.78, 5) is 10.4. The fourth-order valence-electron chi connectivity index (χ4n) is 1.30. The van der Waals surface area contributed by atoms with Crippen molar-refractivity contribution in [3.63, 3.8) is 0 Å². The SMILES string of the molecule is N#Cc1sc2ccc([N+](=O)[O-])cc2c1N. The average Bonchev–Trinajstić information content (AvgIpc) is 2.55. The number of nitrogens with two attached hydrogens (primary N) is 1. The highest BCUT2D eigenvalue weighted by Gasteiger charge is 2.13. The molecule has 5 nitrogen and oxygen atoms in total. The molecule has 0 bridgehead atoms. The monoisotopic (exact) mass is 219 g/mol. The zero-order valence-corrected chi connectivity index (χ0v) is 8.25. The number of hydrogen-bond donors (Lipinski definition) is 1. The third-order valence-corrected chi connectivity index (χ3v) is 3.11. The molecule has 2 aromatic rings. The van der Waals surface area contributed by atoms with E-state index >= 15 is 0 Å². The number of fused-ring (bicyclic) bond motifs is 1. The molecule has 0 aliphatic heterocycles. The lowest BCUT2D eigenvalue weighted by Gasteiger charge is -1.92. The smallest absolute Gasteiger partial charge is 0.270 e. The van der Waals surface area contributed by atoms with Gasteiger partial charge in [0.2, 0.25) is 0 Å². The van der Waals surface area contributed by atoms with Crippen molar-refractivity contribution >= 4 is 32.8 Å². The fourth-order valence-corrected chi connectivity index (χ4v) is 2.20. The van der Waals surface area contributed by atoms with Crippen molar-refractivity contribution in [2.75, 3.05) is 5.73 Å². The maximum Gasteiger partial charge on any atom is 0.270 e. The summed E-state index contributed by atoms with van der Waals surface area (Å²) in [6.07, 6.45) is 0. The van der Waals surface area contributed by atoms with Crippen LogP contribution in [0, 0.1) is 21.4 Å². The first-order valence-corrected chi connectivity index (χ1v) is 4.81. The predicted molar refractivity (Wildman–Crippen MR) is 57.6 cm³/mol. The molecule has 15 heavy (non-hydrogen) atoms. The van der Waals surface area contributed by atoms with Crippen LogP contribution in [0.3, 0.4) is 0 Å². The largest absolute Gasteiger partial charge is 0.396 e. The van der Waals surface area contributed by atoms with Crippen molar-refractivity contribution in [1.82, 2.24) is 0 Å². The van der Waals surface area contributed by atoms with Crippen molar-refractivity contribution < 1.29 is 4.92 Å². The molecule has 0 aliphatic carbocycles. The summed E-state index contributed by atoms with van der Waals surface area (Å²) >= 11 is 1.24. The molecule has 0 fully saturated rings. The van der Waals surface area contributed by atoms with Gasteiger partial charge in [0.15, 0.2) is 0 Å². The first kappa shape index (κ1) is 9.43. The van der Waals surface area contributed by atoms with E-state index in [4.69, 9.17) is 11.0 Å². The van der Waals surface area contributed by atoms with Crippen molar-refractivity contribution in [3.05, 3.63) is 33.2 Å². The molecule has 0 aliphatic rings. The topological polar surface area (TPSA) is 92.9 Å². The van der Waals surface area contributed by atoms with E-state index in [1.165, 1.54) is 23.5 Å². The first-order chi connectivity index (χ1) is 7.13. The Morgan fingerprint density at radius 2 is 2.27 bits per heavy atom. The Morgan fingerprint density at radius 1 is 1.53 bits per heavy atom. The minimum Gasteiger partial charge on any atom is -0.396 e. The zero-order chi connectivity index (χ0) is 11.0. The van der Waals surface area contributed by atoms with Gasteiger partial charge >= 0.3 is 0 Å². The van der Waals surface area contributed by atoms with E-state index in [1.54, 1.807) is 6.07 Å². The van der Waals surface area contributed by atoms with Crippen LogP contribution >= 0.6 is 11.3 Å². The minimum absolute atomic E-state index is 0.0171. The third-order valence-electron chi connectivity index (χ3n) is 2.02. The van der Waals surface area contributed by atoms with Crippen molar-refractivity contribution in [3.8, 4) is 6.07 Å². The van der Waals surface area contributed by atoms with Gasteiger partial charge in [-0.15, -0.1) is 11.3 Å². The molecular weight excluding hydrogens is 214 g/mol. The van der Waals surface area contributed by atoms with Crippen LogP contribution in [0.5, 0.6) is 0 Å². The third kappa shape index (κ3) is 1.39. The van der Waals surface area contributed by atoms with Crippen LogP contribution in [0.15, 0.2) is 18.2 Å². The quantitative estimate of drug-likeness (QED) is 0.588. The van der Waals surface area contributed by atoms with E-state index in [2.05, 4.69) is 0 Å². The number of thiophene rings is 1. The fraction of sp³-hybridized carbons (Fsp3) is 0. The Kier molecular flexibility index (Phi) is 2.02. The van der Waals surface area contributed by atoms with Gasteiger partial charge in [-0.2, -0.15) is 5.26 Å². The second-order valence-corrected chi connectivity index (χ2v) is 3.95. The lowest BCUT2D eigenvalue weighted by Crippen LogP contribution is -1.88. The molecule has 0 saturated carbocycles. The summed E-state index contributed by atoms with van der Waals surface area (Å²) < 4.78 is 0.787. The normalized spacial score (nSPS) is 10.1. The molecule has 6 heteroatoms. The summed E-state index contributed by atoms with van der Waals surface area (Å²) in [7, 11) is 0. The maximum absolute atomic E-state index is 10.5. The number of benzene rings is 1. The number of nitro benzene ring substituents is 1. The van der Waals surface area contributed by atoms with Crippen LogP contribution in [0.1, 0.15) is 4.88 Å². The van der Waals surface area contributed by atoms with Crippen LogP contribution < -0.4 is 5.73 Å². The maximum atomic E-state index is 10.5. The van der Waals surface area contributed by atoms with E-state index in [-0.39, 0.29) is 5.69 Å². The van der Waals surface area contributed by atoms with Crippen molar-refractivity contribution in [2.24, 2.45) is 0 Å². The van der Waals surface area contributed by atoms with Gasteiger partial charge in [-0.1, -0.05) is 0 Å². The Labute approximate surface area is 88.5 Å². The Balaban J connectivity index is 2.77. The molecular formula is C9H5N3O2S. The highest BCUT2D eigenvalue weighted by molar-refractivity contribution is 7.20. The van der Waals surface area contributed by atoms with E-state index in [0.717, 1.165) is 4.70 Å². The molecule has 0 saturated heterocycles. The van der Waals surface area contributed by atoms with Crippen molar-refractivity contribution in [2.45, 2.75) is 0 Å². The molecule has 0 spiro atoms. The lowest BCUT2D eigenvalue weighted by atomic mass is 10.2. The molecule has 0 atom stereocenters. The Bertz CT molecular complexity index is 597. The number of nitrogen functional groups attached to an aromatic ring is 1. The Hall–Kier alpha value is -2.13. The average molecular weight is 219 g/mol. The van der Waals surface area contributed by atoms with Gasteiger partial charge in [-0.3, -0.25) is 10.1 Å². The Morgan fingerprint density at radius 3 is 2.87 bits per heavy atom. The predicted octanol–water partition coefficient (Wildman–Crippen LogP) is 2.26. The van der Waals surface area contributed by atoms with Crippen LogP contribution in [0.25, 0.3) is 10.1 Å². The highest BCUT2D eigenvalue weighted by atomic mass is 32.1. The molecule has 2 rings (SSSR count). The molecule has 1 heterocycles. The molecule has 0 unspecified atom stereocenters. The van der Waals surface area contributed by atoms with Crippen LogP contribution in [0.2, 0.25) is 0 Å². The molecule has 1 aromatic carbocycles. The number of rotatable bonds is 1. The van der Waals surface area contributed by atoms with Gasteiger partial charge in [0.25, 0.3) is 5.69 Å².